The Balaban J connectivity index is 2.70. The molecule has 1 aromatic rings. The molecular weight excluding hydrogens is 204 g/mol. The van der Waals surface area contributed by atoms with Gasteiger partial charge < -0.3 is 15.5 Å². The van der Waals surface area contributed by atoms with Gasteiger partial charge in [-0.25, -0.2) is 0 Å². The number of hydrogen-bond acceptors (Lipinski definition) is 3. The Morgan fingerprint density at radius 2 is 2.00 bits per heavy atom. The zero-order valence-corrected chi connectivity index (χ0v) is 9.96. The smallest absolute Gasteiger partial charge is 0.255 e. The minimum atomic E-state index is -0.103. The highest BCUT2D eigenvalue weighted by atomic mass is 16.3. The fourth-order valence-electron chi connectivity index (χ4n) is 1.55. The van der Waals surface area contributed by atoms with Gasteiger partial charge in [0, 0.05) is 18.7 Å². The van der Waals surface area contributed by atoms with Crippen LogP contribution in [-0.2, 0) is 0 Å². The fraction of sp³-hybridized carbons (Fsp3) is 0.417. The van der Waals surface area contributed by atoms with Crippen LogP contribution < -0.4 is 11.1 Å². The number of furan rings is 1. The molecule has 1 heterocycles. The molecule has 0 fully saturated rings. The normalized spacial score (nSPS) is 11.0. The minimum Gasteiger partial charge on any atom is -0.466 e. The standard InChI is InChI=1S/C12H18N2O2/c1-8-9(2)16-10(3)11(8)12(15)14-7-5-4-6-13/h4-5H,6-7,13H2,1-3H3,(H,14,15)/b5-4+. The quantitative estimate of drug-likeness (QED) is 0.758. The van der Waals surface area contributed by atoms with Crippen LogP contribution in [0.4, 0.5) is 0 Å². The maximum Gasteiger partial charge on any atom is 0.255 e. The van der Waals surface area contributed by atoms with Gasteiger partial charge in [0.15, 0.2) is 0 Å². The first-order valence-electron chi connectivity index (χ1n) is 5.27. The van der Waals surface area contributed by atoms with Crippen molar-refractivity contribution in [2.45, 2.75) is 20.8 Å². The van der Waals surface area contributed by atoms with Gasteiger partial charge >= 0.3 is 0 Å². The SMILES string of the molecule is Cc1oc(C)c(C(=O)NC/C=C/CN)c1C. The predicted octanol–water partition coefficient (Wildman–Crippen LogP) is 1.45. The predicted molar refractivity (Wildman–Crippen MR) is 63.4 cm³/mol. The van der Waals surface area contributed by atoms with Crippen molar-refractivity contribution in [3.05, 3.63) is 34.8 Å². The van der Waals surface area contributed by atoms with Gasteiger partial charge in [-0.2, -0.15) is 0 Å². The molecule has 4 heteroatoms. The molecule has 1 amide bonds. The number of amides is 1. The lowest BCUT2D eigenvalue weighted by molar-refractivity contribution is 0.0956. The van der Waals surface area contributed by atoms with Gasteiger partial charge in [0.1, 0.15) is 11.5 Å². The van der Waals surface area contributed by atoms with E-state index >= 15 is 0 Å². The first kappa shape index (κ1) is 12.5. The molecule has 1 aromatic heterocycles. The molecule has 0 aliphatic carbocycles. The van der Waals surface area contributed by atoms with Crippen molar-refractivity contribution < 1.29 is 9.21 Å². The van der Waals surface area contributed by atoms with Crippen molar-refractivity contribution in [3.63, 3.8) is 0 Å². The molecule has 4 nitrogen and oxygen atoms in total. The number of nitrogens with two attached hydrogens (primary N) is 1. The lowest BCUT2D eigenvalue weighted by Gasteiger charge is -2.01. The topological polar surface area (TPSA) is 68.3 Å². The second-order valence-corrected chi connectivity index (χ2v) is 3.63. The Hall–Kier alpha value is -1.55. The number of carbonyl (C=O) groups is 1. The van der Waals surface area contributed by atoms with E-state index in [4.69, 9.17) is 10.2 Å². The van der Waals surface area contributed by atoms with E-state index < -0.39 is 0 Å². The van der Waals surface area contributed by atoms with E-state index in [2.05, 4.69) is 5.32 Å². The summed E-state index contributed by atoms with van der Waals surface area (Å²) in [5.41, 5.74) is 6.83. The maximum absolute atomic E-state index is 11.8. The summed E-state index contributed by atoms with van der Waals surface area (Å²) in [6, 6.07) is 0. The van der Waals surface area contributed by atoms with E-state index in [0.29, 0.717) is 24.4 Å². The van der Waals surface area contributed by atoms with Crippen molar-refractivity contribution in [1.29, 1.82) is 0 Å². The van der Waals surface area contributed by atoms with Crippen LogP contribution in [0, 0.1) is 20.8 Å². The van der Waals surface area contributed by atoms with Crippen LogP contribution in [0.25, 0.3) is 0 Å². The number of nitrogens with one attached hydrogen (secondary N) is 1. The highest BCUT2D eigenvalue weighted by molar-refractivity contribution is 5.96. The Kier molecular flexibility index (Phi) is 4.31. The summed E-state index contributed by atoms with van der Waals surface area (Å²) < 4.78 is 5.40. The molecule has 0 aromatic carbocycles. The highest BCUT2D eigenvalue weighted by Gasteiger charge is 2.17. The van der Waals surface area contributed by atoms with Crippen LogP contribution >= 0.6 is 0 Å². The van der Waals surface area contributed by atoms with Crippen LogP contribution in [0.2, 0.25) is 0 Å². The van der Waals surface area contributed by atoms with Gasteiger partial charge in [-0.1, -0.05) is 12.2 Å². The van der Waals surface area contributed by atoms with Gasteiger partial charge in [-0.15, -0.1) is 0 Å². The Morgan fingerprint density at radius 3 is 2.50 bits per heavy atom. The van der Waals surface area contributed by atoms with E-state index in [1.165, 1.54) is 0 Å². The van der Waals surface area contributed by atoms with Crippen LogP contribution in [0.1, 0.15) is 27.4 Å². The van der Waals surface area contributed by atoms with Crippen LogP contribution in [0.3, 0.4) is 0 Å². The van der Waals surface area contributed by atoms with Crippen LogP contribution in [0.5, 0.6) is 0 Å². The van der Waals surface area contributed by atoms with E-state index in [1.807, 2.05) is 19.9 Å². The average molecular weight is 222 g/mol. The third-order valence-corrected chi connectivity index (χ3v) is 2.47. The fourth-order valence-corrected chi connectivity index (χ4v) is 1.55. The Morgan fingerprint density at radius 1 is 1.31 bits per heavy atom. The summed E-state index contributed by atoms with van der Waals surface area (Å²) >= 11 is 0. The summed E-state index contributed by atoms with van der Waals surface area (Å²) in [6.45, 7) is 6.51. The van der Waals surface area contributed by atoms with Crippen molar-refractivity contribution in [2.24, 2.45) is 5.73 Å². The first-order valence-corrected chi connectivity index (χ1v) is 5.27. The number of carbonyl (C=O) groups excluding carboxylic acids is 1. The molecule has 1 rings (SSSR count). The van der Waals surface area contributed by atoms with Gasteiger partial charge in [-0.3, -0.25) is 4.79 Å². The van der Waals surface area contributed by atoms with E-state index in [1.54, 1.807) is 13.0 Å². The van der Waals surface area contributed by atoms with Crippen molar-refractivity contribution in [3.8, 4) is 0 Å². The van der Waals surface area contributed by atoms with Gasteiger partial charge in [0.2, 0.25) is 0 Å². The molecular formula is C12H18N2O2. The van der Waals surface area contributed by atoms with E-state index in [9.17, 15) is 4.79 Å². The number of aryl methyl sites for hydroxylation is 2. The monoisotopic (exact) mass is 222 g/mol. The zero-order valence-electron chi connectivity index (χ0n) is 9.96. The molecule has 3 N–H and O–H groups in total. The lowest BCUT2D eigenvalue weighted by Crippen LogP contribution is -2.24. The average Bonchev–Trinajstić information content (AvgIpc) is 2.48. The van der Waals surface area contributed by atoms with Crippen molar-refractivity contribution in [1.82, 2.24) is 5.32 Å². The molecule has 0 saturated carbocycles. The largest absolute Gasteiger partial charge is 0.466 e. The second kappa shape index (κ2) is 5.51. The molecule has 0 spiro atoms. The Labute approximate surface area is 95.5 Å². The van der Waals surface area contributed by atoms with Gasteiger partial charge in [0.25, 0.3) is 5.91 Å². The molecule has 0 atom stereocenters. The summed E-state index contributed by atoms with van der Waals surface area (Å²) in [5.74, 6) is 1.35. The third kappa shape index (κ3) is 2.73. The molecule has 0 aliphatic rings. The maximum atomic E-state index is 11.8. The second-order valence-electron chi connectivity index (χ2n) is 3.63. The summed E-state index contributed by atoms with van der Waals surface area (Å²) in [4.78, 5) is 11.8. The Bertz CT molecular complexity index is 405. The summed E-state index contributed by atoms with van der Waals surface area (Å²) in [7, 11) is 0. The zero-order chi connectivity index (χ0) is 12.1. The lowest BCUT2D eigenvalue weighted by atomic mass is 10.1. The first-order chi connectivity index (χ1) is 7.57. The summed E-state index contributed by atoms with van der Waals surface area (Å²) in [6.07, 6.45) is 3.64. The minimum absolute atomic E-state index is 0.103. The molecule has 0 radical (unpaired) electrons. The number of hydrogen-bond donors (Lipinski definition) is 2. The van der Waals surface area contributed by atoms with Crippen molar-refractivity contribution >= 4 is 5.91 Å². The molecule has 0 saturated heterocycles. The van der Waals surface area contributed by atoms with E-state index in [0.717, 1.165) is 11.3 Å². The van der Waals surface area contributed by atoms with Crippen LogP contribution in [-0.4, -0.2) is 19.0 Å². The van der Waals surface area contributed by atoms with E-state index in [-0.39, 0.29) is 5.91 Å². The molecule has 88 valence electrons. The van der Waals surface area contributed by atoms with Gasteiger partial charge in [-0.05, 0) is 20.8 Å². The molecule has 0 unspecified atom stereocenters. The molecule has 0 bridgehead atoms. The summed E-state index contributed by atoms with van der Waals surface area (Å²) in [5, 5.41) is 2.79. The van der Waals surface area contributed by atoms with Crippen molar-refractivity contribution in [2.75, 3.05) is 13.1 Å². The third-order valence-electron chi connectivity index (χ3n) is 2.47. The highest BCUT2D eigenvalue weighted by Crippen LogP contribution is 2.20. The van der Waals surface area contributed by atoms with Crippen LogP contribution in [0.15, 0.2) is 16.6 Å². The van der Waals surface area contributed by atoms with Gasteiger partial charge in [0.05, 0.1) is 5.56 Å². The number of rotatable bonds is 4. The molecule has 16 heavy (non-hydrogen) atoms. The molecule has 0 aliphatic heterocycles.